The minimum atomic E-state index is 0.295. The molecule has 1 saturated carbocycles. The molecule has 0 aromatic heterocycles. The Morgan fingerprint density at radius 2 is 2.23 bits per heavy atom. The second-order valence-corrected chi connectivity index (χ2v) is 4.76. The second kappa shape index (κ2) is 4.99. The van der Waals surface area contributed by atoms with Crippen LogP contribution in [0.25, 0.3) is 0 Å². The van der Waals surface area contributed by atoms with E-state index < -0.39 is 0 Å². The molecule has 1 rings (SSSR count). The van der Waals surface area contributed by atoms with Crippen molar-refractivity contribution in [1.29, 1.82) is 0 Å². The molecule has 1 fully saturated rings. The zero-order chi connectivity index (χ0) is 9.84. The Labute approximate surface area is 88.8 Å². The van der Waals surface area contributed by atoms with Gasteiger partial charge >= 0.3 is 0 Å². The molecule has 76 valence electrons. The maximum atomic E-state index is 11.9. The summed E-state index contributed by atoms with van der Waals surface area (Å²) in [5, 5.41) is 0.871. The Kier molecular flexibility index (Phi) is 4.23. The first-order valence-corrected chi connectivity index (χ1v) is 6.10. The van der Waals surface area contributed by atoms with Gasteiger partial charge in [-0.15, -0.1) is 0 Å². The summed E-state index contributed by atoms with van der Waals surface area (Å²) in [6.45, 7) is 3.01. The number of nitrogens with zero attached hydrogens (tertiary/aromatic N) is 1. The van der Waals surface area contributed by atoms with Gasteiger partial charge in [0.2, 0.25) is 5.91 Å². The number of carbonyl (C=O) groups excluding carboxylic acids is 1. The quantitative estimate of drug-likeness (QED) is 0.701. The van der Waals surface area contributed by atoms with Gasteiger partial charge in [-0.3, -0.25) is 4.79 Å². The second-order valence-electron chi connectivity index (χ2n) is 3.96. The minimum Gasteiger partial charge on any atom is -0.345 e. The smallest absolute Gasteiger partial charge is 0.225 e. The van der Waals surface area contributed by atoms with Gasteiger partial charge in [0.15, 0.2) is 0 Å². The van der Waals surface area contributed by atoms with E-state index in [9.17, 15) is 4.79 Å². The summed E-state index contributed by atoms with van der Waals surface area (Å²) in [5.41, 5.74) is 0. The van der Waals surface area contributed by atoms with Crippen molar-refractivity contribution in [2.75, 3.05) is 18.9 Å². The van der Waals surface area contributed by atoms with Crippen molar-refractivity contribution in [3.05, 3.63) is 0 Å². The summed E-state index contributed by atoms with van der Waals surface area (Å²) in [7, 11) is 1.90. The van der Waals surface area contributed by atoms with E-state index in [-0.39, 0.29) is 0 Å². The molecule has 2 nitrogen and oxygen atoms in total. The molecule has 0 aliphatic heterocycles. The van der Waals surface area contributed by atoms with Crippen LogP contribution in [0, 0.1) is 11.8 Å². The van der Waals surface area contributed by atoms with Gasteiger partial charge in [-0.05, 0) is 18.8 Å². The van der Waals surface area contributed by atoms with Crippen molar-refractivity contribution in [3.63, 3.8) is 0 Å². The summed E-state index contributed by atoms with van der Waals surface area (Å²) in [4.78, 5) is 13.7. The molecule has 0 radical (unpaired) electrons. The average Bonchev–Trinajstić information content (AvgIpc) is 2.50. The van der Waals surface area contributed by atoms with Crippen LogP contribution in [0.2, 0.25) is 0 Å². The molecule has 2 unspecified atom stereocenters. The monoisotopic (exact) mass is 247 g/mol. The van der Waals surface area contributed by atoms with E-state index in [4.69, 9.17) is 0 Å². The topological polar surface area (TPSA) is 20.3 Å². The Balaban J connectivity index is 2.46. The lowest BCUT2D eigenvalue weighted by Gasteiger charge is -2.22. The number of alkyl halides is 1. The number of hydrogen-bond donors (Lipinski definition) is 0. The summed E-state index contributed by atoms with van der Waals surface area (Å²) < 4.78 is 0. The van der Waals surface area contributed by atoms with Crippen molar-refractivity contribution < 1.29 is 4.79 Å². The highest BCUT2D eigenvalue weighted by Crippen LogP contribution is 2.32. The molecular weight excluding hydrogens is 230 g/mol. The predicted octanol–water partition coefficient (Wildman–Crippen LogP) is 2.28. The van der Waals surface area contributed by atoms with Gasteiger partial charge in [0.25, 0.3) is 0 Å². The van der Waals surface area contributed by atoms with Crippen molar-refractivity contribution in [2.24, 2.45) is 11.8 Å². The zero-order valence-electron chi connectivity index (χ0n) is 8.42. The van der Waals surface area contributed by atoms with Crippen molar-refractivity contribution in [2.45, 2.75) is 26.2 Å². The molecule has 0 spiro atoms. The van der Waals surface area contributed by atoms with Crippen LogP contribution >= 0.6 is 15.9 Å². The lowest BCUT2D eigenvalue weighted by Crippen LogP contribution is -2.35. The van der Waals surface area contributed by atoms with Crippen LogP contribution in [0.5, 0.6) is 0 Å². The van der Waals surface area contributed by atoms with Gasteiger partial charge in [-0.2, -0.15) is 0 Å². The van der Waals surface area contributed by atoms with Gasteiger partial charge in [0, 0.05) is 24.8 Å². The lowest BCUT2D eigenvalue weighted by molar-refractivity contribution is -0.134. The molecule has 0 N–H and O–H groups in total. The summed E-state index contributed by atoms with van der Waals surface area (Å²) in [6, 6.07) is 0. The first-order valence-electron chi connectivity index (χ1n) is 4.97. The Hall–Kier alpha value is -0.0500. The standard InChI is InChI=1S/C10H18BrNO/c1-8-4-3-5-9(8)10(13)12(2)7-6-11/h8-9H,3-7H2,1-2H3. The van der Waals surface area contributed by atoms with Crippen molar-refractivity contribution in [3.8, 4) is 0 Å². The number of carbonyl (C=O) groups is 1. The van der Waals surface area contributed by atoms with E-state index in [1.807, 2.05) is 11.9 Å². The van der Waals surface area contributed by atoms with E-state index in [0.717, 1.165) is 18.3 Å². The molecule has 0 heterocycles. The molecular formula is C10H18BrNO. The highest BCUT2D eigenvalue weighted by Gasteiger charge is 2.31. The minimum absolute atomic E-state index is 0.295. The Morgan fingerprint density at radius 1 is 1.54 bits per heavy atom. The largest absolute Gasteiger partial charge is 0.345 e. The number of rotatable bonds is 3. The fourth-order valence-electron chi connectivity index (χ4n) is 2.03. The summed E-state index contributed by atoms with van der Waals surface area (Å²) in [5.74, 6) is 1.22. The van der Waals surface area contributed by atoms with Crippen molar-refractivity contribution in [1.82, 2.24) is 4.90 Å². The Morgan fingerprint density at radius 3 is 2.69 bits per heavy atom. The van der Waals surface area contributed by atoms with Crippen LogP contribution in [-0.4, -0.2) is 29.7 Å². The first kappa shape index (κ1) is 11.0. The average molecular weight is 248 g/mol. The molecule has 0 aromatic carbocycles. The first-order chi connectivity index (χ1) is 6.16. The predicted molar refractivity (Wildman–Crippen MR) is 57.9 cm³/mol. The lowest BCUT2D eigenvalue weighted by atomic mass is 9.97. The van der Waals surface area contributed by atoms with E-state index in [1.54, 1.807) is 0 Å². The summed E-state index contributed by atoms with van der Waals surface area (Å²) >= 11 is 3.35. The number of halogens is 1. The van der Waals surface area contributed by atoms with E-state index in [2.05, 4.69) is 22.9 Å². The molecule has 0 bridgehead atoms. The Bertz CT molecular complexity index is 184. The third-order valence-corrected chi connectivity index (χ3v) is 3.33. The van der Waals surface area contributed by atoms with Gasteiger partial charge in [-0.25, -0.2) is 0 Å². The van der Waals surface area contributed by atoms with E-state index in [1.165, 1.54) is 12.8 Å². The van der Waals surface area contributed by atoms with Crippen molar-refractivity contribution >= 4 is 21.8 Å². The van der Waals surface area contributed by atoms with Crippen LogP contribution in [-0.2, 0) is 4.79 Å². The molecule has 1 aliphatic rings. The van der Waals surface area contributed by atoms with Gasteiger partial charge in [0.05, 0.1) is 0 Å². The molecule has 3 heteroatoms. The maximum absolute atomic E-state index is 11.9. The highest BCUT2D eigenvalue weighted by molar-refractivity contribution is 9.09. The fraction of sp³-hybridized carbons (Fsp3) is 0.900. The van der Waals surface area contributed by atoms with Gasteiger partial charge < -0.3 is 4.90 Å². The third-order valence-electron chi connectivity index (χ3n) is 2.97. The van der Waals surface area contributed by atoms with Gasteiger partial charge in [0.1, 0.15) is 0 Å². The third kappa shape index (κ3) is 2.70. The van der Waals surface area contributed by atoms with Gasteiger partial charge in [-0.1, -0.05) is 29.3 Å². The van der Waals surface area contributed by atoms with E-state index in [0.29, 0.717) is 17.7 Å². The van der Waals surface area contributed by atoms with Crippen LogP contribution < -0.4 is 0 Å². The maximum Gasteiger partial charge on any atom is 0.225 e. The van der Waals surface area contributed by atoms with E-state index >= 15 is 0 Å². The molecule has 1 amide bonds. The highest BCUT2D eigenvalue weighted by atomic mass is 79.9. The fourth-order valence-corrected chi connectivity index (χ4v) is 2.56. The zero-order valence-corrected chi connectivity index (χ0v) is 10.0. The number of hydrogen-bond acceptors (Lipinski definition) is 1. The molecule has 2 atom stereocenters. The van der Waals surface area contributed by atoms with Crippen LogP contribution in [0.1, 0.15) is 26.2 Å². The molecule has 1 aliphatic carbocycles. The molecule has 0 aromatic rings. The normalized spacial score (nSPS) is 27.6. The molecule has 13 heavy (non-hydrogen) atoms. The van der Waals surface area contributed by atoms with Crippen LogP contribution in [0.3, 0.4) is 0 Å². The van der Waals surface area contributed by atoms with Crippen LogP contribution in [0.15, 0.2) is 0 Å². The summed E-state index contributed by atoms with van der Waals surface area (Å²) in [6.07, 6.45) is 3.53. The number of amides is 1. The SMILES string of the molecule is CC1CCCC1C(=O)N(C)CCBr. The van der Waals surface area contributed by atoms with Crippen LogP contribution in [0.4, 0.5) is 0 Å². The molecule has 0 saturated heterocycles.